The maximum Gasteiger partial charge on any atom is 0.307 e. The maximum absolute atomic E-state index is 12.7. The number of hydrogen-bond donors (Lipinski definition) is 1. The zero-order valence-electron chi connectivity index (χ0n) is 18.3. The highest BCUT2D eigenvalue weighted by atomic mass is 32.2. The summed E-state index contributed by atoms with van der Waals surface area (Å²) in [5.41, 5.74) is 3.46. The second-order valence-corrected chi connectivity index (χ2v) is 10.6. The van der Waals surface area contributed by atoms with Gasteiger partial charge in [0.05, 0.1) is 17.4 Å². The summed E-state index contributed by atoms with van der Waals surface area (Å²) in [6, 6.07) is 30.5. The summed E-state index contributed by atoms with van der Waals surface area (Å²) in [5.74, 6) is -2.28. The Morgan fingerprint density at radius 2 is 1.28 bits per heavy atom. The van der Waals surface area contributed by atoms with Gasteiger partial charge in [0, 0.05) is 5.92 Å². The number of carbonyl (C=O) groups is 1. The van der Waals surface area contributed by atoms with E-state index in [1.54, 1.807) is 0 Å². The molecule has 0 aliphatic heterocycles. The van der Waals surface area contributed by atoms with Crippen LogP contribution in [0.3, 0.4) is 0 Å². The fraction of sp³-hybridized carbons (Fsp3) is 0.296. The van der Waals surface area contributed by atoms with Crippen molar-refractivity contribution in [3.8, 4) is 0 Å². The number of carboxylic acid groups (broad SMARTS) is 1. The zero-order chi connectivity index (χ0) is 23.0. The molecule has 1 unspecified atom stereocenters. The van der Waals surface area contributed by atoms with Crippen LogP contribution >= 0.6 is 0 Å². The standard InChI is InChI=1S/C27H30O4S/c1-21(27(28)29)20-32(30,31)18-17-25(19-22-11-5-2-6-12-22)26(23-13-7-3-8-14-23)24-15-9-4-10-16-24/h2-16,21,25-26H,17-20H2,1H3,(H,28,29)/t21-,25?/m1/s1. The lowest BCUT2D eigenvalue weighted by Crippen LogP contribution is -2.26. The molecule has 0 bridgehead atoms. The first-order valence-corrected chi connectivity index (χ1v) is 12.7. The van der Waals surface area contributed by atoms with Crippen LogP contribution in [0.2, 0.25) is 0 Å². The molecule has 0 spiro atoms. The summed E-state index contributed by atoms with van der Waals surface area (Å²) >= 11 is 0. The summed E-state index contributed by atoms with van der Waals surface area (Å²) in [4.78, 5) is 11.2. The first-order valence-electron chi connectivity index (χ1n) is 10.9. The van der Waals surface area contributed by atoms with Crippen LogP contribution in [0.5, 0.6) is 0 Å². The van der Waals surface area contributed by atoms with Gasteiger partial charge in [-0.15, -0.1) is 0 Å². The second kappa shape index (κ2) is 11.1. The molecule has 3 rings (SSSR count). The fourth-order valence-corrected chi connectivity index (χ4v) is 5.96. The molecule has 168 valence electrons. The highest BCUT2D eigenvalue weighted by molar-refractivity contribution is 7.91. The number of sulfone groups is 1. The van der Waals surface area contributed by atoms with Crippen molar-refractivity contribution in [1.29, 1.82) is 0 Å². The largest absolute Gasteiger partial charge is 0.481 e. The molecule has 32 heavy (non-hydrogen) atoms. The molecular formula is C27H30O4S. The molecule has 2 atom stereocenters. The van der Waals surface area contributed by atoms with Gasteiger partial charge < -0.3 is 5.11 Å². The van der Waals surface area contributed by atoms with Crippen LogP contribution in [0, 0.1) is 11.8 Å². The van der Waals surface area contributed by atoms with Gasteiger partial charge in [-0.2, -0.15) is 0 Å². The molecular weight excluding hydrogens is 420 g/mol. The molecule has 0 saturated carbocycles. The van der Waals surface area contributed by atoms with Crippen LogP contribution < -0.4 is 0 Å². The average Bonchev–Trinajstić information content (AvgIpc) is 2.79. The average molecular weight is 451 g/mol. The van der Waals surface area contributed by atoms with Gasteiger partial charge in [-0.3, -0.25) is 4.79 Å². The van der Waals surface area contributed by atoms with Crippen LogP contribution in [-0.4, -0.2) is 31.0 Å². The molecule has 4 nitrogen and oxygen atoms in total. The van der Waals surface area contributed by atoms with Crippen LogP contribution in [0.4, 0.5) is 0 Å². The minimum absolute atomic E-state index is 0.0295. The predicted molar refractivity (Wildman–Crippen MR) is 128 cm³/mol. The Kier molecular flexibility index (Phi) is 8.23. The van der Waals surface area contributed by atoms with E-state index in [1.165, 1.54) is 6.92 Å². The van der Waals surface area contributed by atoms with E-state index in [0.717, 1.165) is 23.1 Å². The van der Waals surface area contributed by atoms with Gasteiger partial charge in [-0.1, -0.05) is 97.9 Å². The van der Waals surface area contributed by atoms with Crippen LogP contribution in [0.25, 0.3) is 0 Å². The molecule has 3 aromatic carbocycles. The van der Waals surface area contributed by atoms with Gasteiger partial charge in [0.25, 0.3) is 0 Å². The Bertz CT molecular complexity index is 1040. The van der Waals surface area contributed by atoms with Crippen molar-refractivity contribution >= 4 is 15.8 Å². The fourth-order valence-electron chi connectivity index (χ4n) is 4.23. The van der Waals surface area contributed by atoms with Gasteiger partial charge in [-0.05, 0) is 35.4 Å². The van der Waals surface area contributed by atoms with Crippen LogP contribution in [0.15, 0.2) is 91.0 Å². The van der Waals surface area contributed by atoms with Crippen molar-refractivity contribution in [1.82, 2.24) is 0 Å². The SMILES string of the molecule is C[C@H](CS(=O)(=O)CCC(Cc1ccccc1)C(c1ccccc1)c1ccccc1)C(=O)O. The Morgan fingerprint density at radius 1 is 0.812 bits per heavy atom. The third-order valence-electron chi connectivity index (χ3n) is 5.85. The van der Waals surface area contributed by atoms with Gasteiger partial charge in [-0.25, -0.2) is 8.42 Å². The highest BCUT2D eigenvalue weighted by Crippen LogP contribution is 2.36. The van der Waals surface area contributed by atoms with E-state index in [-0.39, 0.29) is 23.3 Å². The van der Waals surface area contributed by atoms with Crippen LogP contribution in [-0.2, 0) is 21.1 Å². The Balaban J connectivity index is 1.93. The van der Waals surface area contributed by atoms with E-state index in [4.69, 9.17) is 5.11 Å². The molecule has 0 aliphatic carbocycles. The Morgan fingerprint density at radius 3 is 1.75 bits per heavy atom. The molecule has 0 amide bonds. The summed E-state index contributed by atoms with van der Waals surface area (Å²) < 4.78 is 25.5. The number of carboxylic acids is 1. The first-order chi connectivity index (χ1) is 15.4. The Hall–Kier alpha value is -2.92. The van der Waals surface area contributed by atoms with E-state index in [9.17, 15) is 13.2 Å². The van der Waals surface area contributed by atoms with Crippen molar-refractivity contribution in [2.24, 2.45) is 11.8 Å². The molecule has 0 fully saturated rings. The molecule has 1 N–H and O–H groups in total. The third kappa shape index (κ3) is 6.79. The van der Waals surface area contributed by atoms with Gasteiger partial charge in [0.15, 0.2) is 9.84 Å². The van der Waals surface area contributed by atoms with Gasteiger partial charge in [0.1, 0.15) is 0 Å². The summed E-state index contributed by atoms with van der Waals surface area (Å²) in [5, 5.41) is 9.14. The lowest BCUT2D eigenvalue weighted by atomic mass is 9.76. The molecule has 0 radical (unpaired) electrons. The first kappa shape index (κ1) is 23.7. The van der Waals surface area contributed by atoms with Gasteiger partial charge >= 0.3 is 5.97 Å². The smallest absolute Gasteiger partial charge is 0.307 e. The van der Waals surface area contributed by atoms with Crippen molar-refractivity contribution in [2.75, 3.05) is 11.5 Å². The monoisotopic (exact) mass is 450 g/mol. The molecule has 0 saturated heterocycles. The second-order valence-electron chi connectivity index (χ2n) is 8.39. The maximum atomic E-state index is 12.7. The van der Waals surface area contributed by atoms with Crippen molar-refractivity contribution in [3.63, 3.8) is 0 Å². The zero-order valence-corrected chi connectivity index (χ0v) is 19.1. The van der Waals surface area contributed by atoms with Crippen molar-refractivity contribution < 1.29 is 18.3 Å². The van der Waals surface area contributed by atoms with E-state index < -0.39 is 21.7 Å². The molecule has 0 aromatic heterocycles. The number of rotatable bonds is 11. The lowest BCUT2D eigenvalue weighted by molar-refractivity contribution is -0.140. The third-order valence-corrected chi connectivity index (χ3v) is 7.72. The minimum atomic E-state index is -3.49. The van der Waals surface area contributed by atoms with E-state index in [0.29, 0.717) is 6.42 Å². The predicted octanol–water partition coefficient (Wildman–Crippen LogP) is 5.20. The van der Waals surface area contributed by atoms with Crippen molar-refractivity contribution in [3.05, 3.63) is 108 Å². The normalized spacial score (nSPS) is 13.6. The van der Waals surface area contributed by atoms with E-state index >= 15 is 0 Å². The summed E-state index contributed by atoms with van der Waals surface area (Å²) in [6.45, 7) is 1.44. The van der Waals surface area contributed by atoms with Crippen LogP contribution in [0.1, 0.15) is 36.0 Å². The molecule has 3 aromatic rings. The van der Waals surface area contributed by atoms with Gasteiger partial charge in [0.2, 0.25) is 0 Å². The molecule has 0 aliphatic rings. The summed E-state index contributed by atoms with van der Waals surface area (Å²) in [6.07, 6.45) is 1.19. The lowest BCUT2D eigenvalue weighted by Gasteiger charge is -2.29. The Labute approximate surface area is 190 Å². The van der Waals surface area contributed by atoms with E-state index in [2.05, 4.69) is 36.4 Å². The number of benzene rings is 3. The minimum Gasteiger partial charge on any atom is -0.481 e. The summed E-state index contributed by atoms with van der Waals surface area (Å²) in [7, 11) is -3.49. The number of hydrogen-bond acceptors (Lipinski definition) is 3. The number of aliphatic carboxylic acids is 1. The molecule has 5 heteroatoms. The quantitative estimate of drug-likeness (QED) is 0.436. The van der Waals surface area contributed by atoms with E-state index in [1.807, 2.05) is 54.6 Å². The topological polar surface area (TPSA) is 71.4 Å². The highest BCUT2D eigenvalue weighted by Gasteiger charge is 2.28. The van der Waals surface area contributed by atoms with Crippen molar-refractivity contribution in [2.45, 2.75) is 25.7 Å². The molecule has 0 heterocycles.